The van der Waals surface area contributed by atoms with E-state index >= 15 is 0 Å². The molecule has 1 fully saturated rings. The van der Waals surface area contributed by atoms with Crippen LogP contribution in [0.15, 0.2) is 12.1 Å². The van der Waals surface area contributed by atoms with Crippen LogP contribution in [0.4, 0.5) is 0 Å². The summed E-state index contributed by atoms with van der Waals surface area (Å²) in [7, 11) is 1.66. The van der Waals surface area contributed by atoms with Crippen molar-refractivity contribution in [2.45, 2.75) is 26.0 Å². The molecule has 5 heteroatoms. The third-order valence-electron chi connectivity index (χ3n) is 3.66. The molecule has 2 aliphatic heterocycles. The van der Waals surface area contributed by atoms with Crippen molar-refractivity contribution in [3.63, 3.8) is 0 Å². The van der Waals surface area contributed by atoms with Gasteiger partial charge in [0, 0.05) is 26.2 Å². The van der Waals surface area contributed by atoms with Crippen LogP contribution in [0.1, 0.15) is 18.9 Å². The second-order valence-electron chi connectivity index (χ2n) is 5.30. The number of nitrogens with zero attached hydrogens (tertiary/aromatic N) is 1. The summed E-state index contributed by atoms with van der Waals surface area (Å²) < 4.78 is 22.0. The molecule has 0 N–H and O–H groups in total. The van der Waals surface area contributed by atoms with Gasteiger partial charge in [-0.05, 0) is 31.0 Å². The van der Waals surface area contributed by atoms with Crippen molar-refractivity contribution in [3.8, 4) is 17.2 Å². The summed E-state index contributed by atoms with van der Waals surface area (Å²) >= 11 is 0. The number of benzene rings is 1. The van der Waals surface area contributed by atoms with Gasteiger partial charge in [0.2, 0.25) is 12.5 Å². The quantitative estimate of drug-likeness (QED) is 0.846. The molecule has 110 valence electrons. The predicted molar refractivity (Wildman–Crippen MR) is 74.4 cm³/mol. The van der Waals surface area contributed by atoms with Crippen LogP contribution >= 0.6 is 0 Å². The molecule has 1 aromatic carbocycles. The highest BCUT2D eigenvalue weighted by atomic mass is 16.7. The van der Waals surface area contributed by atoms with Gasteiger partial charge in [0.15, 0.2) is 11.5 Å². The van der Waals surface area contributed by atoms with E-state index in [4.69, 9.17) is 18.9 Å². The van der Waals surface area contributed by atoms with Crippen molar-refractivity contribution in [1.82, 2.24) is 4.90 Å². The van der Waals surface area contributed by atoms with E-state index in [2.05, 4.69) is 11.8 Å². The first-order valence-electron chi connectivity index (χ1n) is 7.06. The van der Waals surface area contributed by atoms with Gasteiger partial charge in [-0.15, -0.1) is 0 Å². The predicted octanol–water partition coefficient (Wildman–Crippen LogP) is 2.03. The lowest BCUT2D eigenvalue weighted by Gasteiger charge is -2.22. The second-order valence-corrected chi connectivity index (χ2v) is 5.30. The van der Waals surface area contributed by atoms with Gasteiger partial charge in [0.1, 0.15) is 0 Å². The van der Waals surface area contributed by atoms with Crippen LogP contribution < -0.4 is 14.2 Å². The van der Waals surface area contributed by atoms with Crippen LogP contribution in [0.3, 0.4) is 0 Å². The Labute approximate surface area is 119 Å². The van der Waals surface area contributed by atoms with Gasteiger partial charge < -0.3 is 18.9 Å². The summed E-state index contributed by atoms with van der Waals surface area (Å²) in [5.41, 5.74) is 1.18. The molecule has 0 amide bonds. The maximum absolute atomic E-state index is 5.68. The van der Waals surface area contributed by atoms with Gasteiger partial charge in [-0.2, -0.15) is 0 Å². The minimum atomic E-state index is 0.268. The Balaban J connectivity index is 1.77. The van der Waals surface area contributed by atoms with Crippen LogP contribution in [0.2, 0.25) is 0 Å². The van der Waals surface area contributed by atoms with Crippen LogP contribution in [0, 0.1) is 0 Å². The zero-order chi connectivity index (χ0) is 13.9. The third kappa shape index (κ3) is 2.83. The molecule has 0 bridgehead atoms. The van der Waals surface area contributed by atoms with E-state index in [-0.39, 0.29) is 12.9 Å². The molecule has 2 heterocycles. The van der Waals surface area contributed by atoms with Crippen molar-refractivity contribution >= 4 is 0 Å². The van der Waals surface area contributed by atoms with E-state index in [1.807, 2.05) is 12.1 Å². The SMILES string of the molecule is COc1cc(CN2CCCO[C@H](C)C2)cc2c1OCO2. The third-order valence-corrected chi connectivity index (χ3v) is 3.66. The molecule has 2 aliphatic rings. The van der Waals surface area contributed by atoms with E-state index < -0.39 is 0 Å². The summed E-state index contributed by atoms with van der Waals surface area (Å²) in [4.78, 5) is 2.41. The first-order valence-corrected chi connectivity index (χ1v) is 7.06. The molecule has 0 radical (unpaired) electrons. The van der Waals surface area contributed by atoms with E-state index in [1.165, 1.54) is 5.56 Å². The highest BCUT2D eigenvalue weighted by molar-refractivity contribution is 5.55. The van der Waals surface area contributed by atoms with Crippen LogP contribution in [-0.4, -0.2) is 44.6 Å². The van der Waals surface area contributed by atoms with Gasteiger partial charge in [-0.25, -0.2) is 0 Å². The van der Waals surface area contributed by atoms with Gasteiger partial charge in [-0.1, -0.05) is 0 Å². The Morgan fingerprint density at radius 2 is 2.25 bits per heavy atom. The summed E-state index contributed by atoms with van der Waals surface area (Å²) in [6.07, 6.45) is 1.36. The Morgan fingerprint density at radius 3 is 3.10 bits per heavy atom. The molecule has 0 saturated carbocycles. The number of rotatable bonds is 3. The van der Waals surface area contributed by atoms with E-state index in [0.717, 1.165) is 44.2 Å². The second kappa shape index (κ2) is 5.89. The lowest BCUT2D eigenvalue weighted by atomic mass is 10.1. The fraction of sp³-hybridized carbons (Fsp3) is 0.600. The number of ether oxygens (including phenoxy) is 4. The average Bonchev–Trinajstić information content (AvgIpc) is 2.81. The van der Waals surface area contributed by atoms with E-state index in [9.17, 15) is 0 Å². The molecule has 0 spiro atoms. The molecule has 20 heavy (non-hydrogen) atoms. The Morgan fingerprint density at radius 1 is 1.35 bits per heavy atom. The Kier molecular flexibility index (Phi) is 3.98. The van der Waals surface area contributed by atoms with Gasteiger partial charge in [0.25, 0.3) is 0 Å². The molecular weight excluding hydrogens is 258 g/mol. The van der Waals surface area contributed by atoms with E-state index in [0.29, 0.717) is 5.75 Å². The largest absolute Gasteiger partial charge is 0.493 e. The van der Waals surface area contributed by atoms with Crippen LogP contribution in [0.5, 0.6) is 17.2 Å². The molecule has 0 aliphatic carbocycles. The maximum Gasteiger partial charge on any atom is 0.231 e. The topological polar surface area (TPSA) is 40.2 Å². The first kappa shape index (κ1) is 13.5. The summed E-state index contributed by atoms with van der Waals surface area (Å²) in [6.45, 7) is 6.13. The molecule has 5 nitrogen and oxygen atoms in total. The maximum atomic E-state index is 5.68. The minimum absolute atomic E-state index is 0.268. The lowest BCUT2D eigenvalue weighted by molar-refractivity contribution is 0.0668. The zero-order valence-electron chi connectivity index (χ0n) is 12.1. The van der Waals surface area contributed by atoms with E-state index in [1.54, 1.807) is 7.11 Å². The van der Waals surface area contributed by atoms with Crippen molar-refractivity contribution in [2.75, 3.05) is 33.6 Å². The fourth-order valence-electron chi connectivity index (χ4n) is 2.76. The Hall–Kier alpha value is -1.46. The fourth-order valence-corrected chi connectivity index (χ4v) is 2.76. The number of hydrogen-bond donors (Lipinski definition) is 0. The molecular formula is C15H21NO4. The summed E-state index contributed by atoms with van der Waals surface area (Å²) in [6, 6.07) is 4.07. The molecule has 0 unspecified atom stereocenters. The van der Waals surface area contributed by atoms with Crippen LogP contribution in [-0.2, 0) is 11.3 Å². The molecule has 0 aromatic heterocycles. The van der Waals surface area contributed by atoms with Crippen LogP contribution in [0.25, 0.3) is 0 Å². The first-order chi connectivity index (χ1) is 9.76. The molecule has 1 atom stereocenters. The lowest BCUT2D eigenvalue weighted by Crippen LogP contribution is -2.29. The summed E-state index contributed by atoms with van der Waals surface area (Å²) in [5, 5.41) is 0. The van der Waals surface area contributed by atoms with Crippen molar-refractivity contribution in [3.05, 3.63) is 17.7 Å². The van der Waals surface area contributed by atoms with Gasteiger partial charge >= 0.3 is 0 Å². The summed E-state index contributed by atoms with van der Waals surface area (Å²) in [5.74, 6) is 2.23. The standard InChI is InChI=1S/C15H21NO4/c1-11-8-16(4-3-5-18-11)9-12-6-13(17-2)15-14(7-12)19-10-20-15/h6-7,11H,3-5,8-10H2,1-2H3/t11-/m1/s1. The van der Waals surface area contributed by atoms with Crippen molar-refractivity contribution in [1.29, 1.82) is 0 Å². The van der Waals surface area contributed by atoms with Gasteiger partial charge in [-0.3, -0.25) is 4.90 Å². The number of hydrogen-bond acceptors (Lipinski definition) is 5. The number of methoxy groups -OCH3 is 1. The Bertz CT molecular complexity index is 477. The molecule has 1 aromatic rings. The average molecular weight is 279 g/mol. The monoisotopic (exact) mass is 279 g/mol. The number of fused-ring (bicyclic) bond motifs is 1. The molecule has 3 rings (SSSR count). The zero-order valence-corrected chi connectivity index (χ0v) is 12.1. The highest BCUT2D eigenvalue weighted by Crippen LogP contribution is 2.42. The van der Waals surface area contributed by atoms with Gasteiger partial charge in [0.05, 0.1) is 13.2 Å². The molecule has 1 saturated heterocycles. The minimum Gasteiger partial charge on any atom is -0.493 e. The smallest absolute Gasteiger partial charge is 0.231 e. The van der Waals surface area contributed by atoms with Crippen molar-refractivity contribution in [2.24, 2.45) is 0 Å². The normalized spacial score (nSPS) is 22.6. The highest BCUT2D eigenvalue weighted by Gasteiger charge is 2.22. The van der Waals surface area contributed by atoms with Crippen molar-refractivity contribution < 1.29 is 18.9 Å².